The van der Waals surface area contributed by atoms with Crippen LogP contribution in [0.3, 0.4) is 0 Å². The second-order valence-corrected chi connectivity index (χ2v) is 2.98. The second kappa shape index (κ2) is 7.05. The maximum Gasteiger partial charge on any atom is 0.412 e. The number of aromatic nitrogens is 2. The molecule has 1 rings (SSSR count). The molecule has 1 aromatic rings. The molecule has 0 aliphatic heterocycles. The lowest BCUT2D eigenvalue weighted by atomic mass is 10.6. The van der Waals surface area contributed by atoms with E-state index in [1.165, 1.54) is 12.4 Å². The number of amides is 2. The third kappa shape index (κ3) is 4.64. The van der Waals surface area contributed by atoms with Crippen LogP contribution in [-0.2, 0) is 9.47 Å². The lowest BCUT2D eigenvalue weighted by Gasteiger charge is -2.06. The van der Waals surface area contributed by atoms with Crippen LogP contribution in [0.15, 0.2) is 12.4 Å². The summed E-state index contributed by atoms with van der Waals surface area (Å²) in [7, 11) is 0. The number of anilines is 2. The Kier molecular flexibility index (Phi) is 5.36. The van der Waals surface area contributed by atoms with E-state index in [-0.39, 0.29) is 24.8 Å². The largest absolute Gasteiger partial charge is 0.450 e. The van der Waals surface area contributed by atoms with Gasteiger partial charge in [-0.1, -0.05) is 0 Å². The van der Waals surface area contributed by atoms with Crippen molar-refractivity contribution in [1.82, 2.24) is 9.97 Å². The van der Waals surface area contributed by atoms with Gasteiger partial charge in [-0.2, -0.15) is 0 Å². The predicted molar refractivity (Wildman–Crippen MR) is 63.3 cm³/mol. The summed E-state index contributed by atoms with van der Waals surface area (Å²) in [4.78, 5) is 30.0. The molecule has 8 heteroatoms. The zero-order chi connectivity index (χ0) is 13.4. The highest BCUT2D eigenvalue weighted by atomic mass is 16.6. The van der Waals surface area contributed by atoms with Crippen LogP contribution < -0.4 is 10.6 Å². The Morgan fingerprint density at radius 2 is 1.50 bits per heavy atom. The van der Waals surface area contributed by atoms with Crippen molar-refractivity contribution < 1.29 is 19.1 Å². The third-order valence-corrected chi connectivity index (χ3v) is 1.65. The van der Waals surface area contributed by atoms with Gasteiger partial charge < -0.3 is 9.47 Å². The normalized spacial score (nSPS) is 9.44. The van der Waals surface area contributed by atoms with Gasteiger partial charge in [0.15, 0.2) is 11.6 Å². The molecule has 8 nitrogen and oxygen atoms in total. The summed E-state index contributed by atoms with van der Waals surface area (Å²) in [6.45, 7) is 3.87. The number of carbonyl (C=O) groups excluding carboxylic acids is 2. The van der Waals surface area contributed by atoms with Gasteiger partial charge in [-0.3, -0.25) is 15.6 Å². The van der Waals surface area contributed by atoms with Crippen molar-refractivity contribution in [3.63, 3.8) is 0 Å². The smallest absolute Gasteiger partial charge is 0.412 e. The molecule has 0 spiro atoms. The van der Waals surface area contributed by atoms with Crippen LogP contribution in [0.25, 0.3) is 0 Å². The molecule has 0 fully saturated rings. The SMILES string of the molecule is CCOC(=O)Nc1cncc(NC(=O)OCC)n1. The lowest BCUT2D eigenvalue weighted by Crippen LogP contribution is -2.17. The Balaban J connectivity index is 2.61. The molecule has 0 aliphatic carbocycles. The van der Waals surface area contributed by atoms with E-state index >= 15 is 0 Å². The van der Waals surface area contributed by atoms with E-state index in [9.17, 15) is 9.59 Å². The molecule has 2 N–H and O–H groups in total. The fraction of sp³-hybridized carbons (Fsp3) is 0.400. The molecule has 0 radical (unpaired) electrons. The predicted octanol–water partition coefficient (Wildman–Crippen LogP) is 1.61. The van der Waals surface area contributed by atoms with Crippen LogP contribution in [0.2, 0.25) is 0 Å². The standard InChI is InChI=1S/C10H14N4O4/c1-3-17-9(15)13-7-5-11-6-8(12-7)14-10(16)18-4-2/h5-6H,3-4H2,1-2H3,(H2,12,13,14,15,16). The summed E-state index contributed by atoms with van der Waals surface area (Å²) in [6.07, 6.45) is 1.38. The Bertz CT molecular complexity index is 389. The van der Waals surface area contributed by atoms with Crippen molar-refractivity contribution in [3.05, 3.63) is 12.4 Å². The first kappa shape index (κ1) is 13.7. The fourth-order valence-corrected chi connectivity index (χ4v) is 1.03. The van der Waals surface area contributed by atoms with E-state index in [0.717, 1.165) is 0 Å². The Morgan fingerprint density at radius 1 is 1.06 bits per heavy atom. The summed E-state index contributed by atoms with van der Waals surface area (Å²) >= 11 is 0. The summed E-state index contributed by atoms with van der Waals surface area (Å²) in [5, 5.41) is 4.72. The van der Waals surface area contributed by atoms with Crippen LogP contribution in [0.5, 0.6) is 0 Å². The monoisotopic (exact) mass is 254 g/mol. The van der Waals surface area contributed by atoms with Gasteiger partial charge in [-0.05, 0) is 13.8 Å². The van der Waals surface area contributed by atoms with Crippen LogP contribution in [0, 0.1) is 0 Å². The van der Waals surface area contributed by atoms with Crippen LogP contribution in [0.4, 0.5) is 21.2 Å². The van der Waals surface area contributed by atoms with Crippen molar-refractivity contribution in [3.8, 4) is 0 Å². The van der Waals surface area contributed by atoms with Gasteiger partial charge >= 0.3 is 12.2 Å². The Morgan fingerprint density at radius 3 is 1.89 bits per heavy atom. The van der Waals surface area contributed by atoms with Gasteiger partial charge in [-0.25, -0.2) is 14.6 Å². The minimum atomic E-state index is -0.639. The van der Waals surface area contributed by atoms with Gasteiger partial charge in [0.25, 0.3) is 0 Å². The molecule has 0 atom stereocenters. The quantitative estimate of drug-likeness (QED) is 0.846. The maximum absolute atomic E-state index is 11.1. The van der Waals surface area contributed by atoms with Crippen molar-refractivity contribution in [2.45, 2.75) is 13.8 Å². The molecule has 0 unspecified atom stereocenters. The van der Waals surface area contributed by atoms with Crippen molar-refractivity contribution in [2.75, 3.05) is 23.8 Å². The first-order valence-corrected chi connectivity index (χ1v) is 5.35. The number of hydrogen-bond donors (Lipinski definition) is 2. The molecule has 1 aromatic heterocycles. The van der Waals surface area contributed by atoms with E-state index in [4.69, 9.17) is 0 Å². The first-order chi connectivity index (χ1) is 8.65. The fourth-order valence-electron chi connectivity index (χ4n) is 1.03. The van der Waals surface area contributed by atoms with Gasteiger partial charge in [0.2, 0.25) is 0 Å². The zero-order valence-corrected chi connectivity index (χ0v) is 10.1. The topological polar surface area (TPSA) is 102 Å². The number of ether oxygens (including phenoxy) is 2. The van der Waals surface area contributed by atoms with E-state index < -0.39 is 12.2 Å². The average Bonchev–Trinajstić information content (AvgIpc) is 2.29. The minimum absolute atomic E-state index is 0.169. The molecule has 0 saturated carbocycles. The molecule has 98 valence electrons. The summed E-state index contributed by atoms with van der Waals surface area (Å²) in [6, 6.07) is 0. The highest BCUT2D eigenvalue weighted by molar-refractivity contribution is 5.85. The zero-order valence-electron chi connectivity index (χ0n) is 10.1. The van der Waals surface area contributed by atoms with Crippen molar-refractivity contribution in [2.24, 2.45) is 0 Å². The second-order valence-electron chi connectivity index (χ2n) is 2.98. The number of carbonyl (C=O) groups is 2. The van der Waals surface area contributed by atoms with Gasteiger partial charge in [0.1, 0.15) is 0 Å². The van der Waals surface area contributed by atoms with E-state index in [1.807, 2.05) is 0 Å². The number of rotatable bonds is 4. The molecule has 0 aromatic carbocycles. The first-order valence-electron chi connectivity index (χ1n) is 5.35. The lowest BCUT2D eigenvalue weighted by molar-refractivity contribution is 0.167. The van der Waals surface area contributed by atoms with Gasteiger partial charge in [-0.15, -0.1) is 0 Å². The average molecular weight is 254 g/mol. The van der Waals surface area contributed by atoms with E-state index in [1.54, 1.807) is 13.8 Å². The van der Waals surface area contributed by atoms with Gasteiger partial charge in [0.05, 0.1) is 25.6 Å². The molecular weight excluding hydrogens is 240 g/mol. The van der Waals surface area contributed by atoms with E-state index in [2.05, 4.69) is 30.1 Å². The maximum atomic E-state index is 11.1. The Labute approximate surface area is 104 Å². The molecule has 0 saturated heterocycles. The molecular formula is C10H14N4O4. The molecule has 0 aliphatic rings. The van der Waals surface area contributed by atoms with Crippen molar-refractivity contribution in [1.29, 1.82) is 0 Å². The van der Waals surface area contributed by atoms with Crippen LogP contribution >= 0.6 is 0 Å². The highest BCUT2D eigenvalue weighted by Crippen LogP contribution is 2.07. The molecule has 1 heterocycles. The van der Waals surface area contributed by atoms with Gasteiger partial charge in [0, 0.05) is 0 Å². The Hall–Kier alpha value is -2.38. The summed E-state index contributed by atoms with van der Waals surface area (Å²) in [5.41, 5.74) is 0. The minimum Gasteiger partial charge on any atom is -0.450 e. The van der Waals surface area contributed by atoms with Crippen molar-refractivity contribution >= 4 is 23.8 Å². The molecule has 2 amide bonds. The number of hydrogen-bond acceptors (Lipinski definition) is 6. The van der Waals surface area contributed by atoms with Crippen LogP contribution in [-0.4, -0.2) is 35.4 Å². The third-order valence-electron chi connectivity index (χ3n) is 1.65. The number of nitrogens with one attached hydrogen (secondary N) is 2. The summed E-state index contributed by atoms with van der Waals surface area (Å²) in [5.74, 6) is 0.338. The highest BCUT2D eigenvalue weighted by Gasteiger charge is 2.07. The van der Waals surface area contributed by atoms with E-state index in [0.29, 0.717) is 0 Å². The molecule has 0 bridgehead atoms. The summed E-state index contributed by atoms with van der Waals surface area (Å²) < 4.78 is 9.35. The van der Waals surface area contributed by atoms with Crippen LogP contribution in [0.1, 0.15) is 13.8 Å². The molecule has 18 heavy (non-hydrogen) atoms. The number of nitrogens with zero attached hydrogens (tertiary/aromatic N) is 2.